The predicted molar refractivity (Wildman–Crippen MR) is 121 cm³/mol. The Balaban J connectivity index is 1.58. The maximum absolute atomic E-state index is 14.1. The summed E-state index contributed by atoms with van der Waals surface area (Å²) in [6, 6.07) is 6.66. The van der Waals surface area contributed by atoms with Crippen LogP contribution in [0, 0.1) is 18.2 Å². The SMILES string of the molecule is Cc1nc([C@H]2CCN(C(=O)C(C)(C)C)C2)nc2c1CCC(=O)N2CCc1ccccc1F. The molecule has 4 rings (SSSR count). The lowest BCUT2D eigenvalue weighted by Gasteiger charge is -2.30. The smallest absolute Gasteiger partial charge is 0.228 e. The second kappa shape index (κ2) is 8.60. The van der Waals surface area contributed by atoms with Crippen LogP contribution >= 0.6 is 0 Å². The van der Waals surface area contributed by atoms with Gasteiger partial charge in [-0.05, 0) is 37.8 Å². The van der Waals surface area contributed by atoms with E-state index in [0.29, 0.717) is 56.1 Å². The van der Waals surface area contributed by atoms with E-state index in [0.717, 1.165) is 17.7 Å². The van der Waals surface area contributed by atoms with E-state index in [1.54, 1.807) is 23.1 Å². The van der Waals surface area contributed by atoms with E-state index >= 15 is 0 Å². The average Bonchev–Trinajstić information content (AvgIpc) is 3.23. The molecule has 32 heavy (non-hydrogen) atoms. The van der Waals surface area contributed by atoms with Gasteiger partial charge in [-0.25, -0.2) is 14.4 Å². The Morgan fingerprint density at radius 3 is 2.66 bits per heavy atom. The maximum atomic E-state index is 14.1. The predicted octanol–water partition coefficient (Wildman–Crippen LogP) is 3.81. The third-order valence-corrected chi connectivity index (χ3v) is 6.40. The van der Waals surface area contributed by atoms with E-state index in [-0.39, 0.29) is 23.5 Å². The normalized spacial score (nSPS) is 18.8. The fourth-order valence-electron chi connectivity index (χ4n) is 4.58. The summed E-state index contributed by atoms with van der Waals surface area (Å²) in [4.78, 5) is 38.7. The first-order valence-electron chi connectivity index (χ1n) is 11.4. The molecule has 0 spiro atoms. The molecule has 1 fully saturated rings. The number of amides is 2. The van der Waals surface area contributed by atoms with Crippen molar-refractivity contribution in [2.75, 3.05) is 24.5 Å². The minimum Gasteiger partial charge on any atom is -0.341 e. The Morgan fingerprint density at radius 2 is 1.94 bits per heavy atom. The highest BCUT2D eigenvalue weighted by Gasteiger charge is 2.36. The molecule has 1 aromatic heterocycles. The lowest BCUT2D eigenvalue weighted by molar-refractivity contribution is -0.138. The zero-order valence-corrected chi connectivity index (χ0v) is 19.3. The topological polar surface area (TPSA) is 66.4 Å². The van der Waals surface area contributed by atoms with Gasteiger partial charge in [0.25, 0.3) is 0 Å². The van der Waals surface area contributed by atoms with Crippen LogP contribution in [0.4, 0.5) is 10.2 Å². The van der Waals surface area contributed by atoms with E-state index in [1.165, 1.54) is 6.07 Å². The van der Waals surface area contributed by atoms with Crippen molar-refractivity contribution in [3.8, 4) is 0 Å². The van der Waals surface area contributed by atoms with Crippen molar-refractivity contribution in [3.63, 3.8) is 0 Å². The standard InChI is InChI=1S/C25H31FN4O2/c1-16-19-9-10-21(31)30(14-12-17-7-5-6-8-20(17)26)23(19)28-22(27-16)18-11-13-29(15-18)24(32)25(2,3)4/h5-8,18H,9-15H2,1-4H3/t18-/m0/s1. The summed E-state index contributed by atoms with van der Waals surface area (Å²) in [6.45, 7) is 9.42. The zero-order valence-electron chi connectivity index (χ0n) is 19.3. The van der Waals surface area contributed by atoms with Gasteiger partial charge < -0.3 is 4.90 Å². The van der Waals surface area contributed by atoms with Gasteiger partial charge in [0.05, 0.1) is 0 Å². The van der Waals surface area contributed by atoms with Crippen molar-refractivity contribution < 1.29 is 14.0 Å². The number of halogens is 1. The monoisotopic (exact) mass is 438 g/mol. The van der Waals surface area contributed by atoms with Crippen LogP contribution in [0.3, 0.4) is 0 Å². The molecule has 0 unspecified atom stereocenters. The molecule has 0 saturated carbocycles. The van der Waals surface area contributed by atoms with Crippen molar-refractivity contribution in [2.45, 2.75) is 59.3 Å². The summed E-state index contributed by atoms with van der Waals surface area (Å²) in [5, 5.41) is 0. The summed E-state index contributed by atoms with van der Waals surface area (Å²) in [6.07, 6.45) is 2.26. The van der Waals surface area contributed by atoms with Gasteiger partial charge in [-0.15, -0.1) is 0 Å². The fourth-order valence-corrected chi connectivity index (χ4v) is 4.58. The number of aromatic nitrogens is 2. The number of carbonyl (C=O) groups excluding carboxylic acids is 2. The van der Waals surface area contributed by atoms with Gasteiger partial charge in [-0.2, -0.15) is 0 Å². The maximum Gasteiger partial charge on any atom is 0.228 e. The number of benzene rings is 1. The summed E-state index contributed by atoms with van der Waals surface area (Å²) in [7, 11) is 0. The van der Waals surface area contributed by atoms with Gasteiger partial charge in [-0.3, -0.25) is 14.5 Å². The molecule has 1 atom stereocenters. The van der Waals surface area contributed by atoms with Gasteiger partial charge in [0, 0.05) is 48.6 Å². The van der Waals surface area contributed by atoms with Crippen LogP contribution < -0.4 is 4.90 Å². The van der Waals surface area contributed by atoms with Crippen LogP contribution in [-0.4, -0.2) is 46.3 Å². The number of hydrogen-bond donors (Lipinski definition) is 0. The Hall–Kier alpha value is -2.83. The molecule has 2 aromatic rings. The second-order valence-electron chi connectivity index (χ2n) is 9.84. The number of hydrogen-bond acceptors (Lipinski definition) is 4. The molecule has 0 N–H and O–H groups in total. The average molecular weight is 439 g/mol. The number of aryl methyl sites for hydroxylation is 1. The lowest BCUT2D eigenvalue weighted by Crippen LogP contribution is -2.39. The molecule has 0 bridgehead atoms. The Labute approximate surface area is 188 Å². The summed E-state index contributed by atoms with van der Waals surface area (Å²) >= 11 is 0. The molecule has 2 aliphatic heterocycles. The summed E-state index contributed by atoms with van der Waals surface area (Å²) in [5.41, 5.74) is 2.04. The van der Waals surface area contributed by atoms with Gasteiger partial charge in [0.2, 0.25) is 11.8 Å². The first-order valence-corrected chi connectivity index (χ1v) is 11.4. The van der Waals surface area contributed by atoms with E-state index in [1.807, 2.05) is 32.6 Å². The van der Waals surface area contributed by atoms with Crippen LogP contribution in [-0.2, 0) is 22.4 Å². The minimum atomic E-state index is -0.419. The fraction of sp³-hybridized carbons (Fsp3) is 0.520. The van der Waals surface area contributed by atoms with E-state index in [9.17, 15) is 14.0 Å². The third-order valence-electron chi connectivity index (χ3n) is 6.40. The molecule has 170 valence electrons. The summed E-state index contributed by atoms with van der Waals surface area (Å²) in [5.74, 6) is 1.28. The molecular formula is C25H31FN4O2. The largest absolute Gasteiger partial charge is 0.341 e. The molecule has 7 heteroatoms. The van der Waals surface area contributed by atoms with E-state index in [4.69, 9.17) is 9.97 Å². The van der Waals surface area contributed by atoms with Crippen molar-refractivity contribution >= 4 is 17.6 Å². The first kappa shape index (κ1) is 22.4. The molecular weight excluding hydrogens is 407 g/mol. The lowest BCUT2D eigenvalue weighted by atomic mass is 9.95. The van der Waals surface area contributed by atoms with Gasteiger partial charge in [0.1, 0.15) is 17.5 Å². The molecule has 0 radical (unpaired) electrons. The molecule has 0 aliphatic carbocycles. The Kier molecular flexibility index (Phi) is 6.01. The van der Waals surface area contributed by atoms with Crippen molar-refractivity contribution in [1.29, 1.82) is 0 Å². The zero-order chi connectivity index (χ0) is 23.0. The number of fused-ring (bicyclic) bond motifs is 1. The summed E-state index contributed by atoms with van der Waals surface area (Å²) < 4.78 is 14.1. The molecule has 6 nitrogen and oxygen atoms in total. The number of carbonyl (C=O) groups is 2. The van der Waals surface area contributed by atoms with E-state index in [2.05, 4.69) is 0 Å². The second-order valence-corrected chi connectivity index (χ2v) is 9.84. The number of anilines is 1. The quantitative estimate of drug-likeness (QED) is 0.728. The molecule has 2 amide bonds. The Morgan fingerprint density at radius 1 is 1.19 bits per heavy atom. The number of nitrogens with zero attached hydrogens (tertiary/aromatic N) is 4. The highest BCUT2D eigenvalue weighted by atomic mass is 19.1. The molecule has 1 aromatic carbocycles. The van der Waals surface area contributed by atoms with Crippen LogP contribution in [0.1, 0.15) is 62.2 Å². The van der Waals surface area contributed by atoms with Crippen LogP contribution in [0.15, 0.2) is 24.3 Å². The van der Waals surface area contributed by atoms with Gasteiger partial charge >= 0.3 is 0 Å². The molecule has 2 aliphatic rings. The van der Waals surface area contributed by atoms with Crippen molar-refractivity contribution in [2.24, 2.45) is 5.41 Å². The van der Waals surface area contributed by atoms with Gasteiger partial charge in [-0.1, -0.05) is 39.0 Å². The molecule has 1 saturated heterocycles. The van der Waals surface area contributed by atoms with Crippen LogP contribution in [0.25, 0.3) is 0 Å². The van der Waals surface area contributed by atoms with Crippen LogP contribution in [0.5, 0.6) is 0 Å². The van der Waals surface area contributed by atoms with Crippen LogP contribution in [0.2, 0.25) is 0 Å². The third kappa shape index (κ3) is 4.38. The highest BCUT2D eigenvalue weighted by Crippen LogP contribution is 2.33. The highest BCUT2D eigenvalue weighted by molar-refractivity contribution is 5.95. The first-order chi connectivity index (χ1) is 15.1. The van der Waals surface area contributed by atoms with Crippen molar-refractivity contribution in [3.05, 3.63) is 52.7 Å². The van der Waals surface area contributed by atoms with Crippen molar-refractivity contribution in [1.82, 2.24) is 14.9 Å². The Bertz CT molecular complexity index is 1050. The number of rotatable bonds is 4. The van der Waals surface area contributed by atoms with E-state index < -0.39 is 5.41 Å². The van der Waals surface area contributed by atoms with Gasteiger partial charge in [0.15, 0.2) is 0 Å². The number of likely N-dealkylation sites (tertiary alicyclic amines) is 1. The minimum absolute atomic E-state index is 0.00819. The molecule has 3 heterocycles.